The highest BCUT2D eigenvalue weighted by molar-refractivity contribution is 5.45. The second-order valence-corrected chi connectivity index (χ2v) is 1.61. The molecule has 0 unspecified atom stereocenters. The summed E-state index contributed by atoms with van der Waals surface area (Å²) in [5, 5.41) is 7.00. The SMILES string of the molecule is C=Cc1ccccc1.CO. The van der Waals surface area contributed by atoms with Crippen LogP contribution in [0.5, 0.6) is 0 Å². The number of hydrogen-bond acceptors (Lipinski definition) is 1. The Kier molecular flexibility index (Phi) is 5.39. The summed E-state index contributed by atoms with van der Waals surface area (Å²) in [6, 6.07) is 10.0. The molecule has 1 aromatic carbocycles. The Hall–Kier alpha value is -1.08. The lowest BCUT2D eigenvalue weighted by Crippen LogP contribution is -1.63. The van der Waals surface area contributed by atoms with Crippen LogP contribution in [0.4, 0.5) is 0 Å². The van der Waals surface area contributed by atoms with Crippen LogP contribution in [0.1, 0.15) is 5.56 Å². The minimum absolute atomic E-state index is 1.00. The molecule has 0 bridgehead atoms. The molecule has 0 amide bonds. The second-order valence-electron chi connectivity index (χ2n) is 1.61. The molecule has 0 heterocycles. The Morgan fingerprint density at radius 2 is 1.70 bits per heavy atom. The first-order chi connectivity index (χ1) is 4.93. The molecule has 0 fully saturated rings. The molecule has 1 heteroatoms. The maximum Gasteiger partial charge on any atom is 0.0319 e. The van der Waals surface area contributed by atoms with Gasteiger partial charge in [0.2, 0.25) is 0 Å². The lowest BCUT2D eigenvalue weighted by atomic mass is 10.2. The standard InChI is InChI=1S/C8H8.CH4O/c1-2-8-6-4-3-5-7-8;1-2/h2-7H,1H2;2H,1H3. The molecule has 0 saturated heterocycles. The lowest BCUT2D eigenvalue weighted by Gasteiger charge is -1.85. The molecule has 0 spiro atoms. The van der Waals surface area contributed by atoms with E-state index in [0.717, 1.165) is 7.11 Å². The molecule has 0 radical (unpaired) electrons. The first kappa shape index (κ1) is 8.92. The van der Waals surface area contributed by atoms with Gasteiger partial charge in [0.05, 0.1) is 0 Å². The van der Waals surface area contributed by atoms with Gasteiger partial charge in [-0.1, -0.05) is 43.0 Å². The molecule has 0 aliphatic rings. The van der Waals surface area contributed by atoms with Crippen molar-refractivity contribution in [3.8, 4) is 0 Å². The molecule has 1 nitrogen and oxygen atoms in total. The van der Waals surface area contributed by atoms with Crippen molar-refractivity contribution in [3.63, 3.8) is 0 Å². The smallest absolute Gasteiger partial charge is 0.0319 e. The second kappa shape index (κ2) is 6.05. The third kappa shape index (κ3) is 3.05. The average molecular weight is 136 g/mol. The maximum atomic E-state index is 7.00. The van der Waals surface area contributed by atoms with E-state index >= 15 is 0 Å². The fourth-order valence-electron chi connectivity index (χ4n) is 0.589. The summed E-state index contributed by atoms with van der Waals surface area (Å²) >= 11 is 0. The van der Waals surface area contributed by atoms with Gasteiger partial charge in [-0.15, -0.1) is 0 Å². The van der Waals surface area contributed by atoms with Crippen LogP contribution in [0, 0.1) is 0 Å². The fourth-order valence-corrected chi connectivity index (χ4v) is 0.589. The third-order valence-corrected chi connectivity index (χ3v) is 1.04. The van der Waals surface area contributed by atoms with Gasteiger partial charge in [0.1, 0.15) is 0 Å². The monoisotopic (exact) mass is 136 g/mol. The van der Waals surface area contributed by atoms with Gasteiger partial charge in [0.15, 0.2) is 0 Å². The normalized spacial score (nSPS) is 7.40. The van der Waals surface area contributed by atoms with Crippen LogP contribution in [0.2, 0.25) is 0 Å². The van der Waals surface area contributed by atoms with Crippen LogP contribution in [0.25, 0.3) is 6.08 Å². The molecular weight excluding hydrogens is 124 g/mol. The van der Waals surface area contributed by atoms with Crippen molar-refractivity contribution in [2.45, 2.75) is 0 Å². The van der Waals surface area contributed by atoms with Gasteiger partial charge in [0.25, 0.3) is 0 Å². The largest absolute Gasteiger partial charge is 0.400 e. The number of aliphatic hydroxyl groups excluding tert-OH is 1. The topological polar surface area (TPSA) is 20.2 Å². The maximum absolute atomic E-state index is 7.00. The Bertz CT molecular complexity index is 167. The summed E-state index contributed by atoms with van der Waals surface area (Å²) in [5.41, 5.74) is 1.17. The first-order valence-corrected chi connectivity index (χ1v) is 3.05. The van der Waals surface area contributed by atoms with E-state index in [1.54, 1.807) is 0 Å². The highest BCUT2D eigenvalue weighted by Gasteiger charge is 1.75. The van der Waals surface area contributed by atoms with E-state index in [1.807, 2.05) is 36.4 Å². The molecule has 0 saturated carbocycles. The van der Waals surface area contributed by atoms with Crippen molar-refractivity contribution in [3.05, 3.63) is 42.5 Å². The predicted octanol–water partition coefficient (Wildman–Crippen LogP) is 1.94. The van der Waals surface area contributed by atoms with E-state index in [9.17, 15) is 0 Å². The molecule has 54 valence electrons. The molecule has 1 rings (SSSR count). The van der Waals surface area contributed by atoms with E-state index in [0.29, 0.717) is 0 Å². The van der Waals surface area contributed by atoms with E-state index in [2.05, 4.69) is 6.58 Å². The summed E-state index contributed by atoms with van der Waals surface area (Å²) in [5.74, 6) is 0. The van der Waals surface area contributed by atoms with E-state index in [1.165, 1.54) is 5.56 Å². The summed E-state index contributed by atoms with van der Waals surface area (Å²) in [7, 11) is 1.00. The van der Waals surface area contributed by atoms with Crippen LogP contribution < -0.4 is 0 Å². The van der Waals surface area contributed by atoms with Crippen molar-refractivity contribution in [2.24, 2.45) is 0 Å². The highest BCUT2D eigenvalue weighted by Crippen LogP contribution is 1.97. The molecule has 0 aromatic heterocycles. The zero-order valence-corrected chi connectivity index (χ0v) is 6.12. The predicted molar refractivity (Wildman–Crippen MR) is 44.7 cm³/mol. The Labute approximate surface area is 61.6 Å². The Morgan fingerprint density at radius 1 is 1.20 bits per heavy atom. The summed E-state index contributed by atoms with van der Waals surface area (Å²) in [6.45, 7) is 3.63. The molecule has 1 aromatic rings. The molecule has 0 aliphatic heterocycles. The van der Waals surface area contributed by atoms with Crippen molar-refractivity contribution in [1.29, 1.82) is 0 Å². The Balaban J connectivity index is 0.000000371. The van der Waals surface area contributed by atoms with E-state index in [4.69, 9.17) is 5.11 Å². The number of rotatable bonds is 1. The van der Waals surface area contributed by atoms with E-state index in [-0.39, 0.29) is 0 Å². The van der Waals surface area contributed by atoms with Crippen LogP contribution in [-0.4, -0.2) is 12.2 Å². The molecule has 10 heavy (non-hydrogen) atoms. The van der Waals surface area contributed by atoms with Gasteiger partial charge in [0, 0.05) is 7.11 Å². The fraction of sp³-hybridized carbons (Fsp3) is 0.111. The zero-order valence-electron chi connectivity index (χ0n) is 6.12. The minimum atomic E-state index is 1.00. The van der Waals surface area contributed by atoms with Gasteiger partial charge in [-0.3, -0.25) is 0 Å². The van der Waals surface area contributed by atoms with Crippen molar-refractivity contribution in [2.75, 3.05) is 7.11 Å². The van der Waals surface area contributed by atoms with Crippen LogP contribution in [-0.2, 0) is 0 Å². The minimum Gasteiger partial charge on any atom is -0.400 e. The van der Waals surface area contributed by atoms with Gasteiger partial charge in [-0.05, 0) is 5.56 Å². The molecular formula is C9H12O. The lowest BCUT2D eigenvalue weighted by molar-refractivity contribution is 0.399. The quantitative estimate of drug-likeness (QED) is 0.625. The van der Waals surface area contributed by atoms with Gasteiger partial charge >= 0.3 is 0 Å². The highest BCUT2D eigenvalue weighted by atomic mass is 16.2. The molecule has 0 aliphatic carbocycles. The first-order valence-electron chi connectivity index (χ1n) is 3.05. The van der Waals surface area contributed by atoms with Gasteiger partial charge in [-0.25, -0.2) is 0 Å². The molecule has 0 atom stereocenters. The van der Waals surface area contributed by atoms with Crippen molar-refractivity contribution in [1.82, 2.24) is 0 Å². The third-order valence-electron chi connectivity index (χ3n) is 1.04. The molecule has 1 N–H and O–H groups in total. The number of aliphatic hydroxyl groups is 1. The van der Waals surface area contributed by atoms with Crippen LogP contribution >= 0.6 is 0 Å². The Morgan fingerprint density at radius 3 is 2.00 bits per heavy atom. The number of benzene rings is 1. The van der Waals surface area contributed by atoms with Gasteiger partial charge < -0.3 is 5.11 Å². The van der Waals surface area contributed by atoms with Gasteiger partial charge in [-0.2, -0.15) is 0 Å². The van der Waals surface area contributed by atoms with Crippen molar-refractivity contribution < 1.29 is 5.11 Å². The van der Waals surface area contributed by atoms with Crippen LogP contribution in [0.15, 0.2) is 36.9 Å². The zero-order chi connectivity index (χ0) is 7.82. The van der Waals surface area contributed by atoms with Crippen molar-refractivity contribution >= 4 is 6.08 Å². The number of hydrogen-bond donors (Lipinski definition) is 1. The summed E-state index contributed by atoms with van der Waals surface area (Å²) < 4.78 is 0. The summed E-state index contributed by atoms with van der Waals surface area (Å²) in [4.78, 5) is 0. The van der Waals surface area contributed by atoms with E-state index < -0.39 is 0 Å². The summed E-state index contributed by atoms with van der Waals surface area (Å²) in [6.07, 6.45) is 1.83. The average Bonchev–Trinajstić information content (AvgIpc) is 2.10. The van der Waals surface area contributed by atoms with Crippen LogP contribution in [0.3, 0.4) is 0 Å².